The lowest BCUT2D eigenvalue weighted by atomic mass is 9.98. The first-order valence-corrected chi connectivity index (χ1v) is 22.8. The summed E-state index contributed by atoms with van der Waals surface area (Å²) < 4.78 is 87.2. The molecule has 28 heteroatoms. The molecule has 3 aliphatic heterocycles. The summed E-state index contributed by atoms with van der Waals surface area (Å²) in [5.41, 5.74) is 0. The molecule has 3 rings (SSSR count). The fourth-order valence-electron chi connectivity index (χ4n) is 7.77. The Kier molecular flexibility index (Phi) is 21.8. The van der Waals surface area contributed by atoms with E-state index in [1.165, 1.54) is 0 Å². The van der Waals surface area contributed by atoms with Crippen LogP contribution in [0.2, 0.25) is 0 Å². The van der Waals surface area contributed by atoms with E-state index < -0.39 is 190 Å². The number of hydrogen-bond acceptors (Lipinski definition) is 27. The van der Waals surface area contributed by atoms with E-state index in [0.717, 1.165) is 83.1 Å². The summed E-state index contributed by atoms with van der Waals surface area (Å²) in [5, 5.41) is 0. The van der Waals surface area contributed by atoms with Crippen molar-refractivity contribution in [1.29, 1.82) is 0 Å². The van der Waals surface area contributed by atoms with Crippen molar-refractivity contribution in [2.45, 2.75) is 174 Å². The van der Waals surface area contributed by atoms with Gasteiger partial charge in [0.25, 0.3) is 0 Å². The van der Waals surface area contributed by atoms with Crippen LogP contribution in [-0.2, 0) is 129 Å². The van der Waals surface area contributed by atoms with Gasteiger partial charge in [0.2, 0.25) is 0 Å². The highest BCUT2D eigenvalue weighted by Gasteiger charge is 2.66. The maximum absolute atomic E-state index is 13.3. The van der Waals surface area contributed by atoms with E-state index in [4.69, 9.17) is 71.1 Å². The number of carbonyl (C=O) groups excluding carboxylic acids is 12. The van der Waals surface area contributed by atoms with Gasteiger partial charge in [0.1, 0.15) is 55.7 Å². The van der Waals surface area contributed by atoms with E-state index in [-0.39, 0.29) is 0 Å². The summed E-state index contributed by atoms with van der Waals surface area (Å²) in [5.74, 6) is -18.4. The molecule has 3 saturated heterocycles. The van der Waals surface area contributed by atoms with E-state index in [1.54, 1.807) is 0 Å². The van der Waals surface area contributed by atoms with Crippen molar-refractivity contribution in [2.24, 2.45) is 0 Å². The van der Waals surface area contributed by atoms with Crippen LogP contribution in [0.3, 0.4) is 0 Å². The predicted molar refractivity (Wildman–Crippen MR) is 223 cm³/mol. The van der Waals surface area contributed by atoms with Gasteiger partial charge >= 0.3 is 71.6 Å². The molecule has 0 bridgehead atoms. The largest absolute Gasteiger partial charge is 0.463 e. The minimum Gasteiger partial charge on any atom is -0.463 e. The van der Waals surface area contributed by atoms with Crippen LogP contribution in [0.25, 0.3) is 0 Å². The first-order valence-electron chi connectivity index (χ1n) is 21.3. The molecule has 0 radical (unpaired) electrons. The van der Waals surface area contributed by atoms with Gasteiger partial charge in [-0.1, -0.05) is 0 Å². The van der Waals surface area contributed by atoms with Crippen LogP contribution in [0, 0.1) is 0 Å². The van der Waals surface area contributed by atoms with Gasteiger partial charge in [-0.05, 0) is 7.92 Å². The lowest BCUT2D eigenvalue weighted by Crippen LogP contribution is -2.68. The SMILES string of the molecule is CC(=O)OC[C@H]1OC(P(C2O[C@H](COC(C)=O)[C@H](OC(C)=O)[C@H](OC(C)=O)[C@H]2OC(C)=O)C2O[C@H](COC(C)=O)[C@H](OC(C)=O)[C@H](OC(C)=O)[C@H]2OC(C)=O)[C@H](OC(C)=O)[C@@H](OC(C)=O)[C@H]1OC(C)=O. The van der Waals surface area contributed by atoms with Gasteiger partial charge in [-0.25, -0.2) is 0 Å². The highest BCUT2D eigenvalue weighted by atomic mass is 31.1. The molecule has 3 heterocycles. The number of esters is 12. The quantitative estimate of drug-likeness (QED) is 0.0967. The van der Waals surface area contributed by atoms with Crippen LogP contribution in [0.5, 0.6) is 0 Å². The molecular formula is C42H57O27P. The van der Waals surface area contributed by atoms with Gasteiger partial charge in [-0.3, -0.25) is 57.5 Å². The third kappa shape index (κ3) is 16.8. The van der Waals surface area contributed by atoms with Crippen molar-refractivity contribution < 1.29 is 129 Å². The fourth-order valence-corrected chi connectivity index (χ4v) is 11.2. The van der Waals surface area contributed by atoms with Crippen LogP contribution in [0.15, 0.2) is 0 Å². The van der Waals surface area contributed by atoms with Crippen LogP contribution in [0.1, 0.15) is 83.1 Å². The second kappa shape index (κ2) is 26.2. The normalized spacial score (nSPS) is 30.8. The molecule has 3 unspecified atom stereocenters. The first-order chi connectivity index (χ1) is 32.6. The fraction of sp³-hybridized carbons (Fsp3) is 0.714. The highest BCUT2D eigenvalue weighted by Crippen LogP contribution is 2.62. The topological polar surface area (TPSA) is 343 Å². The number of rotatable bonds is 18. The Morgan fingerprint density at radius 1 is 0.271 bits per heavy atom. The molecule has 0 N–H and O–H groups in total. The Hall–Kier alpha value is -6.05. The molecule has 0 aromatic carbocycles. The predicted octanol–water partition coefficient (Wildman–Crippen LogP) is -0.282. The molecule has 0 amide bonds. The maximum Gasteiger partial charge on any atom is 0.303 e. The van der Waals surface area contributed by atoms with Crippen LogP contribution in [-0.4, -0.2) is 182 Å². The van der Waals surface area contributed by atoms with Crippen molar-refractivity contribution in [3.63, 3.8) is 0 Å². The zero-order valence-corrected chi connectivity index (χ0v) is 41.1. The summed E-state index contributed by atoms with van der Waals surface area (Å²) >= 11 is 0. The second-order valence-electron chi connectivity index (χ2n) is 15.7. The standard InChI is InChI=1S/C42H57O27P/c1-16(43)55-13-28-31(58-19(4)46)34(61-22(7)49)37(64-25(10)52)40(67-28)70(41-38(65-26(11)53)35(62-23(8)50)32(59-20(5)47)29(68-41)14-56-17(2)44)42-39(66-27(12)54)36(63-24(9)51)33(60-21(6)48)30(69-42)15-57-18(3)45/h28-42H,13-15H2,1-12H3/t28-,29-,30-,31+,32+,33+,34+,35+,36+,37-,38-,39-,40?,41?,42?,70?/m1/s1. The third-order valence-corrected chi connectivity index (χ3v) is 12.8. The summed E-state index contributed by atoms with van der Waals surface area (Å²) in [6, 6.07) is 0. The number of carbonyl (C=O) groups is 12. The summed E-state index contributed by atoms with van der Waals surface area (Å²) in [4.78, 5) is 154. The van der Waals surface area contributed by atoms with Gasteiger partial charge in [-0.15, -0.1) is 0 Å². The van der Waals surface area contributed by atoms with Gasteiger partial charge in [0.15, 0.2) is 54.9 Å². The van der Waals surface area contributed by atoms with Gasteiger partial charge in [0, 0.05) is 83.1 Å². The maximum atomic E-state index is 13.3. The van der Waals surface area contributed by atoms with Crippen LogP contribution < -0.4 is 0 Å². The molecule has 3 aliphatic rings. The summed E-state index contributed by atoms with van der Waals surface area (Å²) in [6.45, 7) is 9.02. The molecule has 15 atom stereocenters. The Labute approximate surface area is 401 Å². The zero-order chi connectivity index (χ0) is 52.9. The van der Waals surface area contributed by atoms with E-state index in [1.807, 2.05) is 0 Å². The molecular weight excluding hydrogens is 967 g/mol. The third-order valence-electron chi connectivity index (χ3n) is 9.78. The minimum absolute atomic E-state index is 0.811. The van der Waals surface area contributed by atoms with Crippen LogP contribution >= 0.6 is 7.92 Å². The molecule has 70 heavy (non-hydrogen) atoms. The van der Waals surface area contributed by atoms with Crippen molar-refractivity contribution in [3.8, 4) is 0 Å². The average molecular weight is 1020 g/mol. The van der Waals surface area contributed by atoms with E-state index in [0.29, 0.717) is 0 Å². The number of ether oxygens (including phenoxy) is 15. The monoisotopic (exact) mass is 1020 g/mol. The van der Waals surface area contributed by atoms with Crippen molar-refractivity contribution in [2.75, 3.05) is 19.8 Å². The molecule has 0 aliphatic carbocycles. The Morgan fingerprint density at radius 3 is 0.614 bits per heavy atom. The van der Waals surface area contributed by atoms with Gasteiger partial charge in [-0.2, -0.15) is 0 Å². The Bertz CT molecular complexity index is 1770. The van der Waals surface area contributed by atoms with E-state index >= 15 is 0 Å². The molecule has 0 aromatic heterocycles. The Morgan fingerprint density at radius 2 is 0.443 bits per heavy atom. The van der Waals surface area contributed by atoms with Gasteiger partial charge < -0.3 is 71.1 Å². The highest BCUT2D eigenvalue weighted by molar-refractivity contribution is 7.59. The Balaban J connectivity index is 2.72. The molecule has 3 fully saturated rings. The second-order valence-corrected chi connectivity index (χ2v) is 18.1. The lowest BCUT2D eigenvalue weighted by Gasteiger charge is -2.55. The average Bonchev–Trinajstić information content (AvgIpc) is 3.20. The summed E-state index contributed by atoms with van der Waals surface area (Å²) in [7, 11) is -3.17. The van der Waals surface area contributed by atoms with Gasteiger partial charge in [0.05, 0.1) is 0 Å². The molecule has 0 spiro atoms. The van der Waals surface area contributed by atoms with Crippen molar-refractivity contribution in [1.82, 2.24) is 0 Å². The molecule has 0 saturated carbocycles. The lowest BCUT2D eigenvalue weighted by molar-refractivity contribution is -0.252. The van der Waals surface area contributed by atoms with Crippen molar-refractivity contribution in [3.05, 3.63) is 0 Å². The molecule has 392 valence electrons. The van der Waals surface area contributed by atoms with E-state index in [2.05, 4.69) is 0 Å². The number of hydrogen-bond donors (Lipinski definition) is 0. The zero-order valence-electron chi connectivity index (χ0n) is 40.3. The van der Waals surface area contributed by atoms with Crippen LogP contribution in [0.4, 0.5) is 0 Å². The van der Waals surface area contributed by atoms with Crippen molar-refractivity contribution >= 4 is 79.6 Å². The first kappa shape index (κ1) is 58.3. The molecule has 27 nitrogen and oxygen atoms in total. The minimum atomic E-state index is -3.17. The summed E-state index contributed by atoms with van der Waals surface area (Å²) in [6.07, 6.45) is -22.5. The van der Waals surface area contributed by atoms with E-state index in [9.17, 15) is 57.5 Å². The molecule has 0 aromatic rings. The smallest absolute Gasteiger partial charge is 0.303 e.